The van der Waals surface area contributed by atoms with Crippen LogP contribution in [-0.4, -0.2) is 33.4 Å². The number of aromatic nitrogens is 4. The Kier molecular flexibility index (Phi) is 4.79. The van der Waals surface area contributed by atoms with Crippen molar-refractivity contribution in [2.75, 3.05) is 18.6 Å². The van der Waals surface area contributed by atoms with Gasteiger partial charge in [0.2, 0.25) is 0 Å². The normalized spacial score (nSPS) is 13.2. The van der Waals surface area contributed by atoms with E-state index in [0.717, 1.165) is 51.5 Å². The number of terminal acetylenes is 1. The molecule has 6 heteroatoms. The third-order valence-corrected chi connectivity index (χ3v) is 5.58. The third-order valence-electron chi connectivity index (χ3n) is 5.58. The fourth-order valence-corrected chi connectivity index (χ4v) is 3.72. The molecule has 31 heavy (non-hydrogen) atoms. The molecule has 0 spiro atoms. The van der Waals surface area contributed by atoms with Crippen molar-refractivity contribution in [2.24, 2.45) is 13.0 Å². The van der Waals surface area contributed by atoms with Crippen molar-refractivity contribution in [3.8, 4) is 29.4 Å². The number of ether oxygens (including phenoxy) is 1. The molecule has 6 nitrogen and oxygen atoms in total. The first-order valence-electron chi connectivity index (χ1n) is 10.3. The Morgan fingerprint density at radius 2 is 2.00 bits per heavy atom. The average Bonchev–Trinajstić information content (AvgIpc) is 3.53. The summed E-state index contributed by atoms with van der Waals surface area (Å²) in [7, 11) is 3.56. The van der Waals surface area contributed by atoms with Crippen molar-refractivity contribution in [2.45, 2.75) is 12.8 Å². The summed E-state index contributed by atoms with van der Waals surface area (Å²) in [6, 6.07) is 12.2. The van der Waals surface area contributed by atoms with Crippen LogP contribution in [0, 0.1) is 18.3 Å². The molecule has 2 heterocycles. The van der Waals surface area contributed by atoms with Crippen LogP contribution in [0.3, 0.4) is 0 Å². The maximum atomic E-state index is 5.69. The summed E-state index contributed by atoms with van der Waals surface area (Å²) < 4.78 is 7.25. The van der Waals surface area contributed by atoms with E-state index in [9.17, 15) is 0 Å². The van der Waals surface area contributed by atoms with Gasteiger partial charge in [-0.15, -0.1) is 6.42 Å². The molecule has 1 fully saturated rings. The first kappa shape index (κ1) is 19.1. The quantitative estimate of drug-likeness (QED) is 0.437. The van der Waals surface area contributed by atoms with Crippen molar-refractivity contribution in [3.63, 3.8) is 0 Å². The number of methoxy groups -OCH3 is 1. The summed E-state index contributed by atoms with van der Waals surface area (Å²) in [5.41, 5.74) is 6.35. The molecule has 0 N–H and O–H groups in total. The van der Waals surface area contributed by atoms with Crippen LogP contribution in [0.1, 0.15) is 18.4 Å². The van der Waals surface area contributed by atoms with Crippen molar-refractivity contribution in [1.29, 1.82) is 0 Å². The lowest BCUT2D eigenvalue weighted by Gasteiger charge is -2.26. The molecule has 2 aromatic carbocycles. The lowest BCUT2D eigenvalue weighted by Crippen LogP contribution is -2.20. The van der Waals surface area contributed by atoms with Gasteiger partial charge in [-0.25, -0.2) is 4.98 Å². The Morgan fingerprint density at radius 1 is 1.13 bits per heavy atom. The molecule has 5 rings (SSSR count). The van der Waals surface area contributed by atoms with Crippen LogP contribution in [-0.2, 0) is 7.05 Å². The summed E-state index contributed by atoms with van der Waals surface area (Å²) in [6.45, 7) is 0.929. The molecule has 1 saturated carbocycles. The summed E-state index contributed by atoms with van der Waals surface area (Å²) in [5.74, 6) is 4.18. The molecule has 0 unspecified atom stereocenters. The van der Waals surface area contributed by atoms with Gasteiger partial charge in [0.05, 0.1) is 36.2 Å². The Hall–Kier alpha value is -3.85. The smallest absolute Gasteiger partial charge is 0.122 e. The summed E-state index contributed by atoms with van der Waals surface area (Å²) >= 11 is 0. The second kappa shape index (κ2) is 7.77. The van der Waals surface area contributed by atoms with Gasteiger partial charge in [-0.1, -0.05) is 5.92 Å². The van der Waals surface area contributed by atoms with Crippen LogP contribution in [0.15, 0.2) is 55.0 Å². The maximum absolute atomic E-state index is 5.69. The minimum atomic E-state index is 0.684. The molecule has 4 aromatic rings. The fraction of sp³-hybridized carbons (Fsp3) is 0.240. The van der Waals surface area contributed by atoms with Crippen LogP contribution in [0.5, 0.6) is 5.75 Å². The van der Waals surface area contributed by atoms with Crippen LogP contribution < -0.4 is 9.64 Å². The van der Waals surface area contributed by atoms with E-state index in [1.54, 1.807) is 24.2 Å². The minimum absolute atomic E-state index is 0.684. The largest absolute Gasteiger partial charge is 0.497 e. The number of aryl methyl sites for hydroxylation is 1. The van der Waals surface area contributed by atoms with Gasteiger partial charge in [0.15, 0.2) is 0 Å². The zero-order valence-electron chi connectivity index (χ0n) is 17.6. The Labute approximate surface area is 181 Å². The highest BCUT2D eigenvalue weighted by Crippen LogP contribution is 2.37. The molecule has 2 aromatic heterocycles. The van der Waals surface area contributed by atoms with Gasteiger partial charge in [0.25, 0.3) is 0 Å². The van der Waals surface area contributed by atoms with Crippen LogP contribution >= 0.6 is 0 Å². The highest BCUT2D eigenvalue weighted by atomic mass is 16.5. The maximum Gasteiger partial charge on any atom is 0.122 e. The van der Waals surface area contributed by atoms with Crippen molar-refractivity contribution >= 4 is 22.4 Å². The predicted octanol–water partition coefficient (Wildman–Crippen LogP) is 4.57. The molecular weight excluding hydrogens is 386 g/mol. The third kappa shape index (κ3) is 3.95. The van der Waals surface area contributed by atoms with Crippen LogP contribution in [0.2, 0.25) is 0 Å². The number of anilines is 2. The van der Waals surface area contributed by atoms with E-state index < -0.39 is 0 Å². The predicted molar refractivity (Wildman–Crippen MR) is 122 cm³/mol. The zero-order chi connectivity index (χ0) is 21.4. The van der Waals surface area contributed by atoms with E-state index in [-0.39, 0.29) is 0 Å². The van der Waals surface area contributed by atoms with Crippen molar-refractivity contribution in [1.82, 2.24) is 19.7 Å². The molecule has 1 aliphatic rings. The molecule has 154 valence electrons. The molecule has 1 aliphatic carbocycles. The van der Waals surface area contributed by atoms with Crippen LogP contribution in [0.25, 0.3) is 22.3 Å². The van der Waals surface area contributed by atoms with E-state index in [1.165, 1.54) is 12.8 Å². The molecule has 0 atom stereocenters. The van der Waals surface area contributed by atoms with Crippen LogP contribution in [0.4, 0.5) is 11.4 Å². The standard InChI is InChI=1S/C25H23N5O/c1-4-17-9-21(11-22(10-17)31-3)30(15-18-5-6-18)20-7-8-23-24(12-20)28-25(14-26-23)19-13-27-29(2)16-19/h1,7-14,16,18H,5-6,15H2,2-3H3. The number of nitrogens with zero attached hydrogens (tertiary/aromatic N) is 5. The van der Waals surface area contributed by atoms with Gasteiger partial charge < -0.3 is 9.64 Å². The highest BCUT2D eigenvalue weighted by Gasteiger charge is 2.26. The molecule has 0 aliphatic heterocycles. The molecular formula is C25H23N5O. The summed E-state index contributed by atoms with van der Waals surface area (Å²) in [5, 5.41) is 4.24. The molecule has 0 radical (unpaired) electrons. The lowest BCUT2D eigenvalue weighted by atomic mass is 10.1. The number of hydrogen-bond donors (Lipinski definition) is 0. The van der Waals surface area contributed by atoms with Gasteiger partial charge >= 0.3 is 0 Å². The van der Waals surface area contributed by atoms with E-state index in [2.05, 4.69) is 33.0 Å². The average molecular weight is 409 g/mol. The zero-order valence-corrected chi connectivity index (χ0v) is 17.6. The Balaban J connectivity index is 1.59. The van der Waals surface area contributed by atoms with Gasteiger partial charge in [-0.05, 0) is 49.1 Å². The fourth-order valence-electron chi connectivity index (χ4n) is 3.72. The molecule has 0 bridgehead atoms. The number of fused-ring (bicyclic) bond motifs is 1. The number of rotatable bonds is 6. The summed E-state index contributed by atoms with van der Waals surface area (Å²) in [6.07, 6.45) is 13.7. The van der Waals surface area contributed by atoms with Gasteiger partial charge in [-0.2, -0.15) is 5.10 Å². The monoisotopic (exact) mass is 409 g/mol. The number of benzene rings is 2. The second-order valence-corrected chi connectivity index (χ2v) is 7.95. The van der Waals surface area contributed by atoms with Crippen molar-refractivity contribution < 1.29 is 4.74 Å². The number of hydrogen-bond acceptors (Lipinski definition) is 5. The first-order valence-corrected chi connectivity index (χ1v) is 10.3. The summed E-state index contributed by atoms with van der Waals surface area (Å²) in [4.78, 5) is 11.8. The molecule has 0 amide bonds. The van der Waals surface area contributed by atoms with Gasteiger partial charge in [0, 0.05) is 48.4 Å². The SMILES string of the molecule is C#Cc1cc(OC)cc(N(CC2CC2)c2ccc3ncc(-c4cnn(C)c4)nc3c2)c1. The Bertz CT molecular complexity index is 1300. The molecule has 0 saturated heterocycles. The van der Waals surface area contributed by atoms with E-state index >= 15 is 0 Å². The Morgan fingerprint density at radius 3 is 2.71 bits per heavy atom. The van der Waals surface area contributed by atoms with Gasteiger partial charge in [-0.3, -0.25) is 9.67 Å². The van der Waals surface area contributed by atoms with E-state index in [0.29, 0.717) is 5.92 Å². The lowest BCUT2D eigenvalue weighted by molar-refractivity contribution is 0.414. The minimum Gasteiger partial charge on any atom is -0.497 e. The highest BCUT2D eigenvalue weighted by molar-refractivity contribution is 5.82. The van der Waals surface area contributed by atoms with E-state index in [1.807, 2.05) is 37.5 Å². The van der Waals surface area contributed by atoms with Gasteiger partial charge in [0.1, 0.15) is 5.75 Å². The second-order valence-electron chi connectivity index (χ2n) is 7.95. The topological polar surface area (TPSA) is 56.1 Å². The van der Waals surface area contributed by atoms with Crippen molar-refractivity contribution in [3.05, 3.63) is 60.6 Å². The first-order chi connectivity index (χ1) is 15.1. The van der Waals surface area contributed by atoms with E-state index in [4.69, 9.17) is 16.1 Å².